The molecule has 2 saturated heterocycles. The van der Waals surface area contributed by atoms with Crippen molar-refractivity contribution in [1.29, 1.82) is 0 Å². The van der Waals surface area contributed by atoms with E-state index in [-0.39, 0.29) is 11.6 Å². The van der Waals surface area contributed by atoms with Crippen LogP contribution in [0.3, 0.4) is 0 Å². The van der Waals surface area contributed by atoms with Gasteiger partial charge in [-0.2, -0.15) is 0 Å². The summed E-state index contributed by atoms with van der Waals surface area (Å²) in [5.74, 6) is 0.488. The van der Waals surface area contributed by atoms with Crippen LogP contribution in [-0.4, -0.2) is 31.5 Å². The molecule has 2 N–H and O–H groups in total. The van der Waals surface area contributed by atoms with Gasteiger partial charge in [-0.25, -0.2) is 0 Å². The van der Waals surface area contributed by atoms with E-state index in [0.717, 1.165) is 56.1 Å². The van der Waals surface area contributed by atoms with Gasteiger partial charge in [-0.15, -0.1) is 0 Å². The van der Waals surface area contributed by atoms with Crippen molar-refractivity contribution in [1.82, 2.24) is 0 Å². The number of halogens is 1. The third-order valence-corrected chi connectivity index (χ3v) is 4.99. The molecule has 2 heterocycles. The first-order valence-electron chi connectivity index (χ1n) is 7.39. The van der Waals surface area contributed by atoms with Crippen molar-refractivity contribution < 1.29 is 9.47 Å². The van der Waals surface area contributed by atoms with Crippen LogP contribution in [0.5, 0.6) is 0 Å². The normalized spacial score (nSPS) is 31.6. The highest BCUT2D eigenvalue weighted by Gasteiger charge is 2.42. The molecule has 2 aliphatic heterocycles. The summed E-state index contributed by atoms with van der Waals surface area (Å²) in [6, 6.07) is 8.10. The molecule has 3 atom stereocenters. The summed E-state index contributed by atoms with van der Waals surface area (Å²) in [4.78, 5) is 0. The van der Waals surface area contributed by atoms with Crippen LogP contribution in [-0.2, 0) is 15.9 Å². The van der Waals surface area contributed by atoms with Crippen molar-refractivity contribution in [3.63, 3.8) is 0 Å². The molecular formula is C16H22ClNO2. The lowest BCUT2D eigenvalue weighted by Gasteiger charge is -2.39. The molecule has 0 bridgehead atoms. The number of nitrogens with two attached hydrogens (primary N) is 1. The minimum Gasteiger partial charge on any atom is -0.378 e. The summed E-state index contributed by atoms with van der Waals surface area (Å²) < 4.78 is 11.5. The maximum atomic E-state index is 6.45. The quantitative estimate of drug-likeness (QED) is 0.932. The van der Waals surface area contributed by atoms with E-state index in [1.165, 1.54) is 0 Å². The van der Waals surface area contributed by atoms with Crippen LogP contribution >= 0.6 is 11.6 Å². The molecule has 1 aromatic rings. The molecule has 110 valence electrons. The highest BCUT2D eigenvalue weighted by atomic mass is 35.5. The molecule has 3 rings (SSSR count). The van der Waals surface area contributed by atoms with Crippen LogP contribution in [0.15, 0.2) is 24.3 Å². The van der Waals surface area contributed by atoms with Gasteiger partial charge < -0.3 is 15.2 Å². The molecule has 20 heavy (non-hydrogen) atoms. The minimum absolute atomic E-state index is 0.0684. The first-order chi connectivity index (χ1) is 9.69. The zero-order valence-corrected chi connectivity index (χ0v) is 12.4. The summed E-state index contributed by atoms with van der Waals surface area (Å²) in [7, 11) is 0. The van der Waals surface area contributed by atoms with Gasteiger partial charge in [-0.3, -0.25) is 0 Å². The van der Waals surface area contributed by atoms with Gasteiger partial charge >= 0.3 is 0 Å². The standard InChI is InChI=1S/C16H22ClNO2/c17-14-4-2-1-3-12(14)9-15(18)13-5-7-20-16(10-13)6-8-19-11-16/h1-4,13,15H,5-11,18H2. The summed E-state index contributed by atoms with van der Waals surface area (Å²) in [5, 5.41) is 0.814. The van der Waals surface area contributed by atoms with E-state index in [1.54, 1.807) is 0 Å². The fourth-order valence-corrected chi connectivity index (χ4v) is 3.59. The molecule has 2 fully saturated rings. The predicted octanol–water partition coefficient (Wildman–Crippen LogP) is 2.80. The minimum atomic E-state index is -0.0684. The van der Waals surface area contributed by atoms with Gasteiger partial charge in [0.05, 0.1) is 12.2 Å². The Hall–Kier alpha value is -0.610. The third-order valence-electron chi connectivity index (χ3n) is 4.62. The second-order valence-electron chi connectivity index (χ2n) is 6.05. The molecule has 0 aliphatic carbocycles. The second kappa shape index (κ2) is 6.02. The van der Waals surface area contributed by atoms with Crippen molar-refractivity contribution >= 4 is 11.6 Å². The van der Waals surface area contributed by atoms with Crippen LogP contribution in [0.4, 0.5) is 0 Å². The van der Waals surface area contributed by atoms with E-state index in [9.17, 15) is 0 Å². The molecule has 1 aromatic carbocycles. The van der Waals surface area contributed by atoms with Crippen LogP contribution in [0, 0.1) is 5.92 Å². The van der Waals surface area contributed by atoms with Crippen LogP contribution in [0.25, 0.3) is 0 Å². The zero-order chi connectivity index (χ0) is 14.0. The van der Waals surface area contributed by atoms with Gasteiger partial charge in [0.25, 0.3) is 0 Å². The number of hydrogen-bond donors (Lipinski definition) is 1. The molecule has 4 heteroatoms. The zero-order valence-electron chi connectivity index (χ0n) is 11.7. The Morgan fingerprint density at radius 1 is 1.35 bits per heavy atom. The Balaban J connectivity index is 1.65. The lowest BCUT2D eigenvalue weighted by molar-refractivity contribution is -0.101. The second-order valence-corrected chi connectivity index (χ2v) is 6.45. The van der Waals surface area contributed by atoms with Gasteiger partial charge in [-0.05, 0) is 36.8 Å². The van der Waals surface area contributed by atoms with E-state index in [4.69, 9.17) is 26.8 Å². The lowest BCUT2D eigenvalue weighted by Crippen LogP contribution is -2.46. The van der Waals surface area contributed by atoms with Crippen LogP contribution in [0.2, 0.25) is 5.02 Å². The average molecular weight is 296 g/mol. The summed E-state index contributed by atoms with van der Waals surface area (Å²) in [6.45, 7) is 2.33. The number of rotatable bonds is 3. The van der Waals surface area contributed by atoms with Crippen molar-refractivity contribution in [2.24, 2.45) is 11.7 Å². The van der Waals surface area contributed by atoms with Gasteiger partial charge in [0.1, 0.15) is 0 Å². The molecule has 0 saturated carbocycles. The fraction of sp³-hybridized carbons (Fsp3) is 0.625. The topological polar surface area (TPSA) is 44.5 Å². The van der Waals surface area contributed by atoms with Gasteiger partial charge in [0, 0.05) is 30.7 Å². The fourth-order valence-electron chi connectivity index (χ4n) is 3.38. The molecule has 1 spiro atoms. The maximum absolute atomic E-state index is 6.45. The Kier molecular flexibility index (Phi) is 4.32. The van der Waals surface area contributed by atoms with E-state index in [2.05, 4.69) is 6.07 Å². The van der Waals surface area contributed by atoms with E-state index in [0.29, 0.717) is 5.92 Å². The van der Waals surface area contributed by atoms with E-state index < -0.39 is 0 Å². The number of hydrogen-bond acceptors (Lipinski definition) is 3. The van der Waals surface area contributed by atoms with E-state index >= 15 is 0 Å². The number of benzene rings is 1. The smallest absolute Gasteiger partial charge is 0.0939 e. The largest absolute Gasteiger partial charge is 0.378 e. The molecule has 3 nitrogen and oxygen atoms in total. The first kappa shape index (κ1) is 14.3. The Bertz CT molecular complexity index is 460. The highest BCUT2D eigenvalue weighted by molar-refractivity contribution is 6.31. The predicted molar refractivity (Wildman–Crippen MR) is 80.0 cm³/mol. The highest BCUT2D eigenvalue weighted by Crippen LogP contribution is 2.37. The van der Waals surface area contributed by atoms with Crippen LogP contribution < -0.4 is 5.73 Å². The van der Waals surface area contributed by atoms with Gasteiger partial charge in [0.15, 0.2) is 0 Å². The molecule has 0 radical (unpaired) electrons. The Morgan fingerprint density at radius 3 is 2.95 bits per heavy atom. The summed E-state index contributed by atoms with van der Waals surface area (Å²) in [5.41, 5.74) is 7.52. The molecule has 0 aromatic heterocycles. The number of ether oxygens (including phenoxy) is 2. The summed E-state index contributed by atoms with van der Waals surface area (Å²) in [6.07, 6.45) is 3.88. The molecule has 0 amide bonds. The summed E-state index contributed by atoms with van der Waals surface area (Å²) >= 11 is 6.23. The van der Waals surface area contributed by atoms with Gasteiger partial charge in [-0.1, -0.05) is 29.8 Å². The SMILES string of the molecule is NC(Cc1ccccc1Cl)C1CCOC2(CCOC2)C1. The van der Waals surface area contributed by atoms with Crippen LogP contribution in [0.1, 0.15) is 24.8 Å². The molecule has 2 aliphatic rings. The van der Waals surface area contributed by atoms with Crippen molar-refractivity contribution in [3.8, 4) is 0 Å². The lowest BCUT2D eigenvalue weighted by atomic mass is 9.80. The third kappa shape index (κ3) is 3.01. The first-order valence-corrected chi connectivity index (χ1v) is 7.77. The monoisotopic (exact) mass is 295 g/mol. The molecule has 3 unspecified atom stereocenters. The van der Waals surface area contributed by atoms with E-state index in [1.807, 2.05) is 18.2 Å². The van der Waals surface area contributed by atoms with Crippen molar-refractivity contribution in [2.45, 2.75) is 37.3 Å². The van der Waals surface area contributed by atoms with Gasteiger partial charge in [0.2, 0.25) is 0 Å². The Morgan fingerprint density at radius 2 is 2.20 bits per heavy atom. The van der Waals surface area contributed by atoms with Crippen molar-refractivity contribution in [3.05, 3.63) is 34.9 Å². The average Bonchev–Trinajstić information content (AvgIpc) is 2.89. The molecular weight excluding hydrogens is 274 g/mol. The Labute approximate surface area is 125 Å². The van der Waals surface area contributed by atoms with Crippen molar-refractivity contribution in [2.75, 3.05) is 19.8 Å². The maximum Gasteiger partial charge on any atom is 0.0939 e.